The van der Waals surface area contributed by atoms with E-state index < -0.39 is 30.6 Å². The number of methoxy groups -OCH3 is 2. The first kappa shape index (κ1) is 38.4. The molecule has 7 atom stereocenters. The van der Waals surface area contributed by atoms with Gasteiger partial charge in [0.1, 0.15) is 36.5 Å². The number of hydrogen-bond donors (Lipinski definition) is 1. The Labute approximate surface area is 323 Å². The van der Waals surface area contributed by atoms with E-state index in [2.05, 4.69) is 19.9 Å². The van der Waals surface area contributed by atoms with Crippen LogP contribution in [-0.4, -0.2) is 78.8 Å². The Balaban J connectivity index is 1.23. The molecule has 2 aliphatic heterocycles. The number of nitrogens with zero attached hydrogens (tertiary/aromatic N) is 3. The van der Waals surface area contributed by atoms with Crippen LogP contribution in [0, 0.1) is 5.92 Å². The Bertz CT molecular complexity index is 2020. The summed E-state index contributed by atoms with van der Waals surface area (Å²) in [4.78, 5) is 9.89. The molecular formula is C45H51N3O7. The number of ether oxygens (including phenoxy) is 6. The standard InChI is InChI=1S/C45H51N3O7/c1-30(2)39-44(51-4)46-36(43(47-39)50-3)24-34-25-48(37-23-15-14-22-35(34)37)45-40(49)42(54-28-33-20-12-7-13-21-33)41(53-27-32-18-10-6-11-19-32)38(55-45)29-52-26-31-16-8-5-9-17-31/h5-23,25,30,36,38-42,45,49H,24,26-29H2,1-4H3/t36-,38-,39+,40+,41-,42-,45+/m1/s1. The number of para-hydroxylation sites is 1. The lowest BCUT2D eigenvalue weighted by atomic mass is 9.97. The summed E-state index contributed by atoms with van der Waals surface area (Å²) in [6.45, 7) is 5.40. The van der Waals surface area contributed by atoms with Crippen LogP contribution in [0.1, 0.15) is 42.3 Å². The Morgan fingerprint density at radius 2 is 1.25 bits per heavy atom. The normalized spacial score (nSPS) is 24.1. The molecule has 0 saturated carbocycles. The topological polar surface area (TPSA) is 105 Å². The minimum Gasteiger partial charge on any atom is -0.483 e. The molecule has 0 bridgehead atoms. The van der Waals surface area contributed by atoms with Gasteiger partial charge in [-0.15, -0.1) is 0 Å². The van der Waals surface area contributed by atoms with Crippen molar-refractivity contribution in [3.63, 3.8) is 0 Å². The molecule has 2 aliphatic rings. The Kier molecular flexibility index (Phi) is 12.7. The van der Waals surface area contributed by atoms with Crippen molar-refractivity contribution in [2.45, 2.75) is 82.8 Å². The molecule has 10 nitrogen and oxygen atoms in total. The summed E-state index contributed by atoms with van der Waals surface area (Å²) >= 11 is 0. The highest BCUT2D eigenvalue weighted by atomic mass is 16.6. The number of benzene rings is 4. The molecule has 3 heterocycles. The van der Waals surface area contributed by atoms with E-state index in [9.17, 15) is 5.11 Å². The molecule has 5 aromatic rings. The van der Waals surface area contributed by atoms with E-state index in [1.807, 2.05) is 120 Å². The lowest BCUT2D eigenvalue weighted by Crippen LogP contribution is -2.58. The van der Waals surface area contributed by atoms with Gasteiger partial charge in [-0.05, 0) is 34.2 Å². The second kappa shape index (κ2) is 18.2. The number of aliphatic hydroxyl groups is 1. The van der Waals surface area contributed by atoms with Crippen molar-refractivity contribution in [1.29, 1.82) is 0 Å². The lowest BCUT2D eigenvalue weighted by molar-refractivity contribution is -0.278. The van der Waals surface area contributed by atoms with Crippen molar-refractivity contribution in [2.75, 3.05) is 20.8 Å². The van der Waals surface area contributed by atoms with Gasteiger partial charge in [0.25, 0.3) is 0 Å². The van der Waals surface area contributed by atoms with E-state index in [0.717, 1.165) is 33.2 Å². The van der Waals surface area contributed by atoms with Gasteiger partial charge >= 0.3 is 0 Å². The summed E-state index contributed by atoms with van der Waals surface area (Å²) in [7, 11) is 3.28. The molecule has 0 spiro atoms. The van der Waals surface area contributed by atoms with Crippen LogP contribution in [0.2, 0.25) is 0 Å². The van der Waals surface area contributed by atoms with Crippen LogP contribution in [-0.2, 0) is 54.7 Å². The van der Waals surface area contributed by atoms with Gasteiger partial charge in [0.15, 0.2) is 6.23 Å². The monoisotopic (exact) mass is 745 g/mol. The van der Waals surface area contributed by atoms with Gasteiger partial charge < -0.3 is 38.1 Å². The SMILES string of the molecule is COC1=N[C@H](Cc2cn([C@H]3O[C@H](COCc4ccccc4)[C@@H](OCc4ccccc4)[C@H](OCc4ccccc4)[C@@H]3O)c3ccccc23)C(OC)=N[C@H]1C(C)C. The molecule has 10 heteroatoms. The number of aromatic nitrogens is 1. The van der Waals surface area contributed by atoms with Gasteiger partial charge in [0.2, 0.25) is 11.8 Å². The molecular weight excluding hydrogens is 695 g/mol. The van der Waals surface area contributed by atoms with Gasteiger partial charge in [0, 0.05) is 18.0 Å². The minimum absolute atomic E-state index is 0.193. The van der Waals surface area contributed by atoms with Crippen molar-refractivity contribution in [3.05, 3.63) is 144 Å². The quantitative estimate of drug-likeness (QED) is 0.127. The van der Waals surface area contributed by atoms with Crippen molar-refractivity contribution < 1.29 is 33.5 Å². The molecule has 0 radical (unpaired) electrons. The van der Waals surface area contributed by atoms with E-state index >= 15 is 0 Å². The molecule has 7 rings (SSSR count). The predicted molar refractivity (Wildman–Crippen MR) is 213 cm³/mol. The largest absolute Gasteiger partial charge is 0.483 e. The van der Waals surface area contributed by atoms with Crippen LogP contribution >= 0.6 is 0 Å². The van der Waals surface area contributed by atoms with Crippen molar-refractivity contribution in [2.24, 2.45) is 15.9 Å². The van der Waals surface area contributed by atoms with Crippen LogP contribution in [0.4, 0.5) is 0 Å². The van der Waals surface area contributed by atoms with Crippen molar-refractivity contribution in [3.8, 4) is 0 Å². The first-order valence-corrected chi connectivity index (χ1v) is 19.0. The highest BCUT2D eigenvalue weighted by molar-refractivity contribution is 5.95. The number of fused-ring (bicyclic) bond motifs is 1. The Hall–Kier alpha value is -4.84. The van der Waals surface area contributed by atoms with Crippen molar-refractivity contribution in [1.82, 2.24) is 4.57 Å². The molecule has 55 heavy (non-hydrogen) atoms. The number of aliphatic hydroxyl groups excluding tert-OH is 1. The average Bonchev–Trinajstić information content (AvgIpc) is 3.58. The van der Waals surface area contributed by atoms with E-state index in [0.29, 0.717) is 31.4 Å². The van der Waals surface area contributed by atoms with E-state index in [1.165, 1.54) is 0 Å². The minimum atomic E-state index is -1.10. The maximum atomic E-state index is 12.4. The van der Waals surface area contributed by atoms with E-state index in [1.54, 1.807) is 14.2 Å². The third kappa shape index (κ3) is 9.01. The zero-order chi connectivity index (χ0) is 38.1. The zero-order valence-electron chi connectivity index (χ0n) is 31.9. The fourth-order valence-corrected chi connectivity index (χ4v) is 7.42. The van der Waals surface area contributed by atoms with Crippen LogP contribution in [0.25, 0.3) is 10.9 Å². The van der Waals surface area contributed by atoms with Crippen LogP contribution in [0.15, 0.2) is 131 Å². The fourth-order valence-electron chi connectivity index (χ4n) is 7.42. The maximum absolute atomic E-state index is 12.4. The molecule has 1 N–H and O–H groups in total. The predicted octanol–water partition coefficient (Wildman–Crippen LogP) is 7.33. The maximum Gasteiger partial charge on any atom is 0.209 e. The number of aliphatic imine (C=N–C) groups is 2. The fraction of sp³-hybridized carbons (Fsp3) is 0.378. The van der Waals surface area contributed by atoms with Gasteiger partial charge in [-0.1, -0.05) is 123 Å². The zero-order valence-corrected chi connectivity index (χ0v) is 31.9. The smallest absolute Gasteiger partial charge is 0.209 e. The summed E-state index contributed by atoms with van der Waals surface area (Å²) in [5.41, 5.74) is 4.95. The van der Waals surface area contributed by atoms with Gasteiger partial charge in [-0.2, -0.15) is 0 Å². The van der Waals surface area contributed by atoms with Crippen LogP contribution in [0.5, 0.6) is 0 Å². The van der Waals surface area contributed by atoms with Gasteiger partial charge in [-0.3, -0.25) is 0 Å². The Morgan fingerprint density at radius 1 is 0.691 bits per heavy atom. The second-order valence-electron chi connectivity index (χ2n) is 14.4. The summed E-state index contributed by atoms with van der Waals surface area (Å²) in [6, 6.07) is 37.5. The third-order valence-corrected chi connectivity index (χ3v) is 10.2. The molecule has 1 fully saturated rings. The number of hydrogen-bond acceptors (Lipinski definition) is 9. The summed E-state index contributed by atoms with van der Waals surface area (Å²) in [5, 5.41) is 13.4. The van der Waals surface area contributed by atoms with E-state index in [4.69, 9.17) is 38.4 Å². The third-order valence-electron chi connectivity index (χ3n) is 10.2. The van der Waals surface area contributed by atoms with Crippen LogP contribution in [0.3, 0.4) is 0 Å². The average molecular weight is 746 g/mol. The second-order valence-corrected chi connectivity index (χ2v) is 14.4. The first-order valence-electron chi connectivity index (χ1n) is 19.0. The highest BCUT2D eigenvalue weighted by Gasteiger charge is 2.48. The number of rotatable bonds is 14. The molecule has 288 valence electrons. The first-order chi connectivity index (χ1) is 26.9. The molecule has 0 amide bonds. The molecule has 4 aromatic carbocycles. The summed E-state index contributed by atoms with van der Waals surface area (Å²) < 4.78 is 40.1. The molecule has 0 unspecified atom stereocenters. The van der Waals surface area contributed by atoms with Crippen molar-refractivity contribution >= 4 is 22.7 Å². The lowest BCUT2D eigenvalue weighted by Gasteiger charge is -2.45. The molecule has 0 aliphatic carbocycles. The summed E-state index contributed by atoms with van der Waals surface area (Å²) in [6.07, 6.45) is -1.37. The molecule has 1 saturated heterocycles. The highest BCUT2D eigenvalue weighted by Crippen LogP contribution is 2.37. The van der Waals surface area contributed by atoms with E-state index in [-0.39, 0.29) is 31.2 Å². The Morgan fingerprint density at radius 3 is 1.85 bits per heavy atom. The van der Waals surface area contributed by atoms with Crippen LogP contribution < -0.4 is 0 Å². The summed E-state index contributed by atoms with van der Waals surface area (Å²) in [5.74, 6) is 1.35. The molecule has 1 aromatic heterocycles. The van der Waals surface area contributed by atoms with Gasteiger partial charge in [0.05, 0.1) is 46.2 Å². The van der Waals surface area contributed by atoms with Gasteiger partial charge in [-0.25, -0.2) is 9.98 Å².